The lowest BCUT2D eigenvalue weighted by molar-refractivity contribution is -0.127. The summed E-state index contributed by atoms with van der Waals surface area (Å²) in [6.07, 6.45) is -0.159. The molecule has 3 N–H and O–H groups in total. The molecule has 0 saturated carbocycles. The number of nitrogens with one attached hydrogen (secondary N) is 3. The number of thioether (sulfide) groups is 1. The van der Waals surface area contributed by atoms with E-state index in [4.69, 9.17) is 16.9 Å². The highest BCUT2D eigenvalue weighted by Crippen LogP contribution is 2.28. The fourth-order valence-electron chi connectivity index (χ4n) is 2.53. The van der Waals surface area contributed by atoms with Crippen molar-refractivity contribution in [3.63, 3.8) is 0 Å². The second-order valence-corrected chi connectivity index (χ2v) is 6.32. The van der Waals surface area contributed by atoms with Gasteiger partial charge in [0.25, 0.3) is 0 Å². The van der Waals surface area contributed by atoms with Gasteiger partial charge in [0.2, 0.25) is 5.91 Å². The van der Waals surface area contributed by atoms with Gasteiger partial charge in [0.1, 0.15) is 11.7 Å². The van der Waals surface area contributed by atoms with Crippen LogP contribution in [0.2, 0.25) is 5.02 Å². The summed E-state index contributed by atoms with van der Waals surface area (Å²) in [5, 5.41) is 17.5. The van der Waals surface area contributed by atoms with Gasteiger partial charge in [-0.15, -0.1) is 11.8 Å². The fraction of sp³-hybridized carbons (Fsp3) is 0.385. The molecular weight excluding hydrogens is 310 g/mol. The molecule has 6 nitrogen and oxygen atoms in total. The van der Waals surface area contributed by atoms with Gasteiger partial charge in [0.05, 0.1) is 23.4 Å². The lowest BCUT2D eigenvalue weighted by atomic mass is 10.1. The highest BCUT2D eigenvalue weighted by Gasteiger charge is 2.44. The molecule has 0 radical (unpaired) electrons. The predicted molar refractivity (Wildman–Crippen MR) is 82.3 cm³/mol. The van der Waals surface area contributed by atoms with Gasteiger partial charge in [0, 0.05) is 11.6 Å². The molecule has 0 aliphatic carbocycles. The molecule has 2 aliphatic heterocycles. The average Bonchev–Trinajstić information content (AvgIpc) is 2.89. The van der Waals surface area contributed by atoms with Crippen molar-refractivity contribution in [2.75, 3.05) is 17.3 Å². The Morgan fingerprint density at radius 3 is 3.14 bits per heavy atom. The number of anilines is 1. The molecule has 2 fully saturated rings. The van der Waals surface area contributed by atoms with E-state index in [9.17, 15) is 4.79 Å². The van der Waals surface area contributed by atoms with Gasteiger partial charge >= 0.3 is 0 Å². The van der Waals surface area contributed by atoms with E-state index in [1.54, 1.807) is 0 Å². The van der Waals surface area contributed by atoms with Gasteiger partial charge < -0.3 is 5.32 Å². The summed E-state index contributed by atoms with van der Waals surface area (Å²) >= 11 is 7.40. The van der Waals surface area contributed by atoms with Gasteiger partial charge in [-0.25, -0.2) is 5.43 Å². The number of hydrogen-bond donors (Lipinski definition) is 3. The van der Waals surface area contributed by atoms with Crippen molar-refractivity contribution >= 4 is 35.0 Å². The van der Waals surface area contributed by atoms with Crippen LogP contribution in [0.1, 0.15) is 0 Å². The lowest BCUT2D eigenvalue weighted by Crippen LogP contribution is -2.63. The summed E-state index contributed by atoms with van der Waals surface area (Å²) in [6, 6.07) is 9.54. The highest BCUT2D eigenvalue weighted by molar-refractivity contribution is 8.00. The number of nitrogens with zero attached hydrogens (tertiary/aromatic N) is 2. The first-order valence-electron chi connectivity index (χ1n) is 6.52. The van der Waals surface area contributed by atoms with E-state index in [-0.39, 0.29) is 23.5 Å². The maximum Gasteiger partial charge on any atom is 0.229 e. The molecule has 8 heteroatoms. The van der Waals surface area contributed by atoms with Crippen LogP contribution in [0.25, 0.3) is 0 Å². The Morgan fingerprint density at radius 2 is 2.38 bits per heavy atom. The van der Waals surface area contributed by atoms with E-state index in [2.05, 4.69) is 22.1 Å². The SMILES string of the molecule is N#CCSC1NC(=O)C2CNN(c3cccc(Cl)c3)C2N1. The molecule has 3 atom stereocenters. The van der Waals surface area contributed by atoms with Crippen molar-refractivity contribution in [1.82, 2.24) is 16.1 Å². The maximum atomic E-state index is 12.2. The molecule has 2 heterocycles. The minimum atomic E-state index is -0.264. The van der Waals surface area contributed by atoms with E-state index in [1.807, 2.05) is 29.3 Å². The normalized spacial score (nSPS) is 27.9. The number of carbonyl (C=O) groups excluding carboxylic acids is 1. The Kier molecular flexibility index (Phi) is 4.22. The summed E-state index contributed by atoms with van der Waals surface area (Å²) in [4.78, 5) is 12.2. The molecule has 1 aromatic carbocycles. The van der Waals surface area contributed by atoms with Gasteiger partial charge in [-0.2, -0.15) is 5.26 Å². The number of rotatable bonds is 3. The number of nitriles is 1. The zero-order valence-electron chi connectivity index (χ0n) is 11.0. The van der Waals surface area contributed by atoms with Crippen LogP contribution in [0.5, 0.6) is 0 Å². The highest BCUT2D eigenvalue weighted by atomic mass is 35.5. The van der Waals surface area contributed by atoms with E-state index >= 15 is 0 Å². The summed E-state index contributed by atoms with van der Waals surface area (Å²) in [5.74, 6) is 0.133. The van der Waals surface area contributed by atoms with Crippen molar-refractivity contribution in [2.45, 2.75) is 11.7 Å². The molecule has 21 heavy (non-hydrogen) atoms. The van der Waals surface area contributed by atoms with Crippen LogP contribution in [0, 0.1) is 17.2 Å². The molecule has 0 aromatic heterocycles. The third kappa shape index (κ3) is 2.94. The summed E-state index contributed by atoms with van der Waals surface area (Å²) < 4.78 is 0. The first-order chi connectivity index (χ1) is 10.2. The number of halogens is 1. The van der Waals surface area contributed by atoms with E-state index < -0.39 is 0 Å². The van der Waals surface area contributed by atoms with Crippen molar-refractivity contribution in [1.29, 1.82) is 5.26 Å². The van der Waals surface area contributed by atoms with Crippen LogP contribution in [-0.4, -0.2) is 29.9 Å². The van der Waals surface area contributed by atoms with Crippen molar-refractivity contribution < 1.29 is 4.79 Å². The molecule has 3 rings (SSSR count). The average molecular weight is 324 g/mol. The Morgan fingerprint density at radius 1 is 1.52 bits per heavy atom. The third-order valence-electron chi connectivity index (χ3n) is 3.47. The maximum absolute atomic E-state index is 12.2. The topological polar surface area (TPSA) is 80.2 Å². The Labute approximate surface area is 131 Å². The second kappa shape index (κ2) is 6.12. The van der Waals surface area contributed by atoms with Crippen LogP contribution >= 0.6 is 23.4 Å². The number of hydrogen-bond acceptors (Lipinski definition) is 6. The summed E-state index contributed by atoms with van der Waals surface area (Å²) in [6.45, 7) is 0.561. The molecule has 3 unspecified atom stereocenters. The van der Waals surface area contributed by atoms with E-state index in [0.717, 1.165) is 5.69 Å². The minimum Gasteiger partial charge on any atom is -0.331 e. The van der Waals surface area contributed by atoms with Crippen molar-refractivity contribution in [2.24, 2.45) is 5.92 Å². The van der Waals surface area contributed by atoms with Gasteiger partial charge in [-0.1, -0.05) is 17.7 Å². The first-order valence-corrected chi connectivity index (χ1v) is 7.95. The monoisotopic (exact) mass is 323 g/mol. The minimum absolute atomic E-state index is 0.00813. The standard InChI is InChI=1S/C13H14ClN5OS/c14-8-2-1-3-9(6-8)19-11-10(7-16-19)12(20)18-13(17-11)21-5-4-15/h1-3,6,10-11,13,16-17H,5,7H2,(H,18,20). The van der Waals surface area contributed by atoms with Crippen molar-refractivity contribution in [3.05, 3.63) is 29.3 Å². The third-order valence-corrected chi connectivity index (χ3v) is 4.59. The smallest absolute Gasteiger partial charge is 0.229 e. The predicted octanol–water partition coefficient (Wildman–Crippen LogP) is 0.867. The quantitative estimate of drug-likeness (QED) is 0.766. The second-order valence-electron chi connectivity index (χ2n) is 4.79. The van der Waals surface area contributed by atoms with Crippen LogP contribution in [-0.2, 0) is 4.79 Å². The number of carbonyl (C=O) groups is 1. The van der Waals surface area contributed by atoms with Crippen LogP contribution in [0.4, 0.5) is 5.69 Å². The summed E-state index contributed by atoms with van der Waals surface area (Å²) in [5.41, 5.74) is 3.87. The number of amides is 1. The molecule has 2 aliphatic rings. The molecular formula is C13H14ClN5OS. The summed E-state index contributed by atoms with van der Waals surface area (Å²) in [7, 11) is 0. The van der Waals surface area contributed by atoms with Crippen LogP contribution < -0.4 is 21.1 Å². The molecule has 110 valence electrons. The number of hydrazine groups is 1. The fourth-order valence-corrected chi connectivity index (χ4v) is 3.40. The largest absolute Gasteiger partial charge is 0.331 e. The molecule has 0 spiro atoms. The van der Waals surface area contributed by atoms with Gasteiger partial charge in [0.15, 0.2) is 0 Å². The van der Waals surface area contributed by atoms with Crippen molar-refractivity contribution in [3.8, 4) is 6.07 Å². The molecule has 1 amide bonds. The Bertz CT molecular complexity index is 592. The zero-order chi connectivity index (χ0) is 14.8. The van der Waals surface area contributed by atoms with Crippen LogP contribution in [0.3, 0.4) is 0 Å². The molecule has 2 saturated heterocycles. The first kappa shape index (κ1) is 14.5. The Balaban J connectivity index is 1.79. The molecule has 0 bridgehead atoms. The van der Waals surface area contributed by atoms with E-state index in [1.165, 1.54) is 11.8 Å². The van der Waals surface area contributed by atoms with Crippen LogP contribution in [0.15, 0.2) is 24.3 Å². The number of fused-ring (bicyclic) bond motifs is 1. The van der Waals surface area contributed by atoms with Gasteiger partial charge in [-0.3, -0.25) is 15.1 Å². The van der Waals surface area contributed by atoms with E-state index in [0.29, 0.717) is 17.3 Å². The molecule has 1 aromatic rings. The van der Waals surface area contributed by atoms with Gasteiger partial charge in [-0.05, 0) is 18.2 Å². The Hall–Kier alpha value is -1.46. The lowest BCUT2D eigenvalue weighted by Gasteiger charge is -2.36. The zero-order valence-corrected chi connectivity index (χ0v) is 12.6. The number of benzene rings is 1.